The Morgan fingerprint density at radius 2 is 1.78 bits per heavy atom. The lowest BCUT2D eigenvalue weighted by molar-refractivity contribution is 0.0697. The second-order valence-corrected chi connectivity index (χ2v) is 9.78. The van der Waals surface area contributed by atoms with Crippen LogP contribution in [0.5, 0.6) is 0 Å². The summed E-state index contributed by atoms with van der Waals surface area (Å²) in [6.07, 6.45) is 3.08. The van der Waals surface area contributed by atoms with E-state index in [0.717, 1.165) is 26.2 Å². The van der Waals surface area contributed by atoms with Crippen LogP contribution in [-0.4, -0.2) is 63.7 Å². The number of benzene rings is 2. The molecule has 9 nitrogen and oxygen atoms in total. The number of carbonyl (C=O) groups is 1. The highest BCUT2D eigenvalue weighted by atomic mass is 35.5. The number of anilines is 3. The molecule has 3 heterocycles. The smallest absolute Gasteiger partial charge is 0.337 e. The van der Waals surface area contributed by atoms with Gasteiger partial charge >= 0.3 is 5.97 Å². The number of nitrogens with one attached hydrogen (secondary N) is 1. The van der Waals surface area contributed by atoms with E-state index < -0.39 is 5.97 Å². The molecule has 0 radical (unpaired) electrons. The minimum Gasteiger partial charge on any atom is -0.478 e. The van der Waals surface area contributed by atoms with Gasteiger partial charge in [0.25, 0.3) is 5.56 Å². The molecule has 0 bridgehead atoms. The number of hydrogen-bond donors (Lipinski definition) is 2. The van der Waals surface area contributed by atoms with Crippen LogP contribution in [0.1, 0.15) is 15.9 Å². The molecule has 11 heteroatoms. The topological polar surface area (TPSA) is 104 Å². The molecule has 1 aliphatic rings. The Morgan fingerprint density at radius 3 is 2.46 bits per heavy atom. The summed E-state index contributed by atoms with van der Waals surface area (Å²) in [5, 5.41) is 13.9. The fourth-order valence-electron chi connectivity index (χ4n) is 4.46. The number of rotatable bonds is 5. The second-order valence-electron chi connectivity index (χ2n) is 8.97. The van der Waals surface area contributed by atoms with Crippen molar-refractivity contribution in [1.82, 2.24) is 19.4 Å². The van der Waals surface area contributed by atoms with Crippen LogP contribution in [0.4, 0.5) is 17.3 Å². The minimum atomic E-state index is -1.01. The van der Waals surface area contributed by atoms with Crippen molar-refractivity contribution < 1.29 is 9.90 Å². The van der Waals surface area contributed by atoms with E-state index in [1.807, 2.05) is 6.92 Å². The number of aromatic carboxylic acids is 1. The molecule has 37 heavy (non-hydrogen) atoms. The van der Waals surface area contributed by atoms with Gasteiger partial charge in [-0.2, -0.15) is 0 Å². The van der Waals surface area contributed by atoms with Crippen LogP contribution in [0.3, 0.4) is 0 Å². The number of likely N-dealkylation sites (N-methyl/N-ethyl adjacent to an activating group) is 1. The van der Waals surface area contributed by atoms with E-state index >= 15 is 0 Å². The maximum absolute atomic E-state index is 13.3. The maximum Gasteiger partial charge on any atom is 0.337 e. The van der Waals surface area contributed by atoms with Gasteiger partial charge in [-0.05, 0) is 49.9 Å². The van der Waals surface area contributed by atoms with Gasteiger partial charge in [0.1, 0.15) is 0 Å². The van der Waals surface area contributed by atoms with E-state index in [1.165, 1.54) is 10.8 Å². The Balaban J connectivity index is 1.49. The molecule has 0 aliphatic carbocycles. The van der Waals surface area contributed by atoms with Crippen LogP contribution in [0, 0.1) is 6.92 Å². The van der Waals surface area contributed by atoms with Gasteiger partial charge in [0.05, 0.1) is 37.9 Å². The van der Waals surface area contributed by atoms with Crippen molar-refractivity contribution in [3.8, 4) is 5.69 Å². The van der Waals surface area contributed by atoms with Crippen LogP contribution in [0.25, 0.3) is 16.6 Å². The van der Waals surface area contributed by atoms with Crippen molar-refractivity contribution in [3.05, 3.63) is 80.3 Å². The summed E-state index contributed by atoms with van der Waals surface area (Å²) >= 11 is 12.6. The van der Waals surface area contributed by atoms with Gasteiger partial charge in [0.2, 0.25) is 5.95 Å². The number of piperazine rings is 1. The van der Waals surface area contributed by atoms with Crippen LogP contribution >= 0.6 is 23.2 Å². The lowest BCUT2D eigenvalue weighted by Crippen LogP contribution is -2.45. The first-order valence-corrected chi connectivity index (χ1v) is 12.4. The van der Waals surface area contributed by atoms with E-state index in [4.69, 9.17) is 23.2 Å². The summed E-state index contributed by atoms with van der Waals surface area (Å²) in [6.45, 7) is 5.08. The van der Waals surface area contributed by atoms with Gasteiger partial charge in [0.15, 0.2) is 0 Å². The average molecular weight is 539 g/mol. The third-order valence-electron chi connectivity index (χ3n) is 6.44. The number of aromatic nitrogens is 3. The molecule has 1 saturated heterocycles. The Bertz CT molecular complexity index is 1560. The van der Waals surface area contributed by atoms with Gasteiger partial charge in [0, 0.05) is 44.3 Å². The number of fused-ring (bicyclic) bond motifs is 1. The van der Waals surface area contributed by atoms with Crippen molar-refractivity contribution in [2.24, 2.45) is 0 Å². The summed E-state index contributed by atoms with van der Waals surface area (Å²) in [7, 11) is 2.05. The summed E-state index contributed by atoms with van der Waals surface area (Å²) in [6, 6.07) is 10.2. The van der Waals surface area contributed by atoms with Crippen LogP contribution in [0.2, 0.25) is 10.0 Å². The monoisotopic (exact) mass is 538 g/mol. The summed E-state index contributed by atoms with van der Waals surface area (Å²) in [4.78, 5) is 38.4. The first-order chi connectivity index (χ1) is 17.7. The van der Waals surface area contributed by atoms with Crippen molar-refractivity contribution in [2.45, 2.75) is 6.92 Å². The number of carboxylic acids is 1. The van der Waals surface area contributed by atoms with Crippen LogP contribution in [0.15, 0.2) is 53.6 Å². The summed E-state index contributed by atoms with van der Waals surface area (Å²) in [5.74, 6) is -0.765. The molecule has 0 amide bonds. The number of aryl methyl sites for hydroxylation is 1. The highest BCUT2D eigenvalue weighted by Gasteiger charge is 2.21. The molecule has 4 aromatic rings. The molecule has 0 saturated carbocycles. The molecule has 5 rings (SSSR count). The van der Waals surface area contributed by atoms with E-state index in [9.17, 15) is 14.7 Å². The predicted octanol–water partition coefficient (Wildman–Crippen LogP) is 4.59. The van der Waals surface area contributed by atoms with Gasteiger partial charge in [-0.25, -0.2) is 14.8 Å². The summed E-state index contributed by atoms with van der Waals surface area (Å²) in [5.41, 5.74) is 2.63. The maximum atomic E-state index is 13.3. The van der Waals surface area contributed by atoms with Gasteiger partial charge in [-0.3, -0.25) is 9.36 Å². The highest BCUT2D eigenvalue weighted by molar-refractivity contribution is 6.37. The third kappa shape index (κ3) is 4.85. The van der Waals surface area contributed by atoms with E-state index in [1.54, 1.807) is 42.6 Å². The third-order valence-corrected chi connectivity index (χ3v) is 7.05. The number of para-hydroxylation sites is 1. The quantitative estimate of drug-likeness (QED) is 0.380. The molecule has 2 aromatic heterocycles. The number of halogens is 2. The summed E-state index contributed by atoms with van der Waals surface area (Å²) < 4.78 is 1.40. The Kier molecular flexibility index (Phi) is 6.76. The first-order valence-electron chi connectivity index (χ1n) is 11.6. The highest BCUT2D eigenvalue weighted by Crippen LogP contribution is 2.29. The number of hydrogen-bond acceptors (Lipinski definition) is 7. The largest absolute Gasteiger partial charge is 0.478 e. The normalized spacial score (nSPS) is 14.2. The Hall–Kier alpha value is -3.66. The molecule has 0 spiro atoms. The Labute approximate surface area is 222 Å². The number of nitrogens with zero attached hydrogens (tertiary/aromatic N) is 5. The Morgan fingerprint density at radius 1 is 1.08 bits per heavy atom. The van der Waals surface area contributed by atoms with Gasteiger partial charge < -0.3 is 20.2 Å². The lowest BCUT2D eigenvalue weighted by atomic mass is 10.1. The van der Waals surface area contributed by atoms with E-state index in [2.05, 4.69) is 32.1 Å². The zero-order valence-corrected chi connectivity index (χ0v) is 21.7. The first kappa shape index (κ1) is 25.0. The fourth-order valence-corrected chi connectivity index (χ4v) is 5.04. The molecule has 1 fully saturated rings. The molecule has 2 N–H and O–H groups in total. The molecule has 0 atom stereocenters. The molecule has 2 aromatic carbocycles. The molecule has 0 unspecified atom stereocenters. The lowest BCUT2D eigenvalue weighted by Gasteiger charge is -2.34. The van der Waals surface area contributed by atoms with Crippen molar-refractivity contribution >= 4 is 57.4 Å². The zero-order chi connectivity index (χ0) is 26.3. The van der Waals surface area contributed by atoms with Crippen LogP contribution in [-0.2, 0) is 0 Å². The molecular formula is C26H24Cl2N6O3. The van der Waals surface area contributed by atoms with Crippen molar-refractivity contribution in [3.63, 3.8) is 0 Å². The zero-order valence-electron chi connectivity index (χ0n) is 20.2. The molecule has 190 valence electrons. The van der Waals surface area contributed by atoms with E-state index in [0.29, 0.717) is 43.6 Å². The molecule has 1 aliphatic heterocycles. The predicted molar refractivity (Wildman–Crippen MR) is 146 cm³/mol. The fraction of sp³-hybridized carbons (Fsp3) is 0.231. The SMILES string of the molecule is Cc1cn(-c2c(Cl)cccc2Cl)c(=O)c2cnc(Nc3ccc(N4CCN(C)CC4)c(C(=O)O)c3)nc12. The number of carboxylic acid groups (broad SMARTS) is 1. The molecular weight excluding hydrogens is 515 g/mol. The van der Waals surface area contributed by atoms with Crippen LogP contribution < -0.4 is 15.8 Å². The second kappa shape index (κ2) is 10.0. The van der Waals surface area contributed by atoms with E-state index in [-0.39, 0.29) is 17.1 Å². The average Bonchev–Trinajstić information content (AvgIpc) is 2.87. The van der Waals surface area contributed by atoms with Gasteiger partial charge in [-0.15, -0.1) is 0 Å². The standard InChI is InChI=1S/C26H24Cl2N6O3/c1-15-14-34(23-19(27)4-3-5-20(23)28)24(35)18-13-29-26(31-22(15)18)30-16-6-7-21(17(12-16)25(36)37)33-10-8-32(2)9-11-33/h3-7,12-14H,8-11H2,1-2H3,(H,36,37)(H,29,30,31). The minimum absolute atomic E-state index is 0.200. The number of pyridine rings is 1. The van der Waals surface area contributed by atoms with Crippen molar-refractivity contribution in [1.29, 1.82) is 0 Å². The van der Waals surface area contributed by atoms with Crippen molar-refractivity contribution in [2.75, 3.05) is 43.4 Å². The van der Waals surface area contributed by atoms with Gasteiger partial charge in [-0.1, -0.05) is 29.3 Å².